The third-order valence-electron chi connectivity index (χ3n) is 6.95. The maximum absolute atomic E-state index is 6.14. The summed E-state index contributed by atoms with van der Waals surface area (Å²) in [5.74, 6) is 4.15. The number of aromatic nitrogens is 2. The van der Waals surface area contributed by atoms with Gasteiger partial charge in [0.1, 0.15) is 18.2 Å². The average Bonchev–Trinajstić information content (AvgIpc) is 3.34. The molecule has 37 heavy (non-hydrogen) atoms. The number of fused-ring (bicyclic) bond motifs is 1. The van der Waals surface area contributed by atoms with E-state index in [0.717, 1.165) is 49.6 Å². The zero-order valence-electron chi connectivity index (χ0n) is 22.6. The highest BCUT2D eigenvalue weighted by molar-refractivity contribution is 5.69. The van der Waals surface area contributed by atoms with Crippen LogP contribution in [0.4, 0.5) is 0 Å². The third kappa shape index (κ3) is 6.78. The van der Waals surface area contributed by atoms with Crippen molar-refractivity contribution < 1.29 is 4.74 Å². The van der Waals surface area contributed by atoms with Crippen LogP contribution < -0.4 is 4.74 Å². The molecule has 2 aromatic carbocycles. The molecule has 5 nitrogen and oxygen atoms in total. The lowest BCUT2D eigenvalue weighted by molar-refractivity contribution is 0.226. The Morgan fingerprint density at radius 1 is 1.16 bits per heavy atom. The molecule has 1 aromatic heterocycles. The van der Waals surface area contributed by atoms with Gasteiger partial charge in [-0.15, -0.1) is 12.3 Å². The molecule has 0 unspecified atom stereocenters. The second-order valence-corrected chi connectivity index (χ2v) is 10.5. The van der Waals surface area contributed by atoms with Gasteiger partial charge in [0, 0.05) is 55.1 Å². The smallest absolute Gasteiger partial charge is 0.137 e. The molecule has 0 spiro atoms. The van der Waals surface area contributed by atoms with E-state index in [2.05, 4.69) is 83.5 Å². The number of benzene rings is 2. The summed E-state index contributed by atoms with van der Waals surface area (Å²) in [4.78, 5) is 14.8. The highest BCUT2D eigenvalue weighted by Gasteiger charge is 2.28. The van der Waals surface area contributed by atoms with Crippen LogP contribution >= 0.6 is 0 Å². The number of nitrogens with one attached hydrogen (secondary N) is 1. The Hall–Kier alpha value is -3.62. The van der Waals surface area contributed by atoms with E-state index in [1.807, 2.05) is 19.3 Å². The fourth-order valence-corrected chi connectivity index (χ4v) is 5.14. The quantitative estimate of drug-likeness (QED) is 0.303. The van der Waals surface area contributed by atoms with Gasteiger partial charge in [0.25, 0.3) is 0 Å². The Morgan fingerprint density at radius 3 is 2.59 bits per heavy atom. The number of aromatic amines is 1. The van der Waals surface area contributed by atoms with Gasteiger partial charge in [-0.25, -0.2) is 4.98 Å². The molecule has 3 aromatic rings. The summed E-state index contributed by atoms with van der Waals surface area (Å²) in [7, 11) is 0. The van der Waals surface area contributed by atoms with Crippen LogP contribution in [0, 0.1) is 17.8 Å². The molecule has 0 saturated heterocycles. The van der Waals surface area contributed by atoms with Crippen LogP contribution in [0.2, 0.25) is 0 Å². The van der Waals surface area contributed by atoms with E-state index in [1.165, 1.54) is 34.4 Å². The number of aliphatic imine (C=N–C) groups is 1. The number of hydrogen-bond donors (Lipinski definition) is 1. The van der Waals surface area contributed by atoms with Crippen LogP contribution in [0.3, 0.4) is 0 Å². The van der Waals surface area contributed by atoms with Gasteiger partial charge < -0.3 is 9.72 Å². The van der Waals surface area contributed by atoms with Gasteiger partial charge in [0.05, 0.1) is 0 Å². The van der Waals surface area contributed by atoms with Crippen LogP contribution in [0.1, 0.15) is 52.5 Å². The van der Waals surface area contributed by atoms with E-state index < -0.39 is 0 Å². The van der Waals surface area contributed by atoms with E-state index in [-0.39, 0.29) is 0 Å². The first-order chi connectivity index (χ1) is 17.9. The zero-order valence-corrected chi connectivity index (χ0v) is 22.6. The molecule has 1 aliphatic carbocycles. The first kappa shape index (κ1) is 26.4. The minimum atomic E-state index is 0.345. The predicted octanol–water partition coefficient (Wildman–Crippen LogP) is 7.13. The minimum absolute atomic E-state index is 0.345. The fourth-order valence-electron chi connectivity index (χ4n) is 5.14. The van der Waals surface area contributed by atoms with Crippen molar-refractivity contribution in [1.29, 1.82) is 0 Å². The first-order valence-electron chi connectivity index (χ1n) is 13.1. The molecule has 1 N–H and O–H groups in total. The lowest BCUT2D eigenvalue weighted by Crippen LogP contribution is -2.31. The van der Waals surface area contributed by atoms with Crippen molar-refractivity contribution >= 4 is 6.21 Å². The Morgan fingerprint density at radius 2 is 1.89 bits per heavy atom. The van der Waals surface area contributed by atoms with E-state index >= 15 is 0 Å². The Kier molecular flexibility index (Phi) is 8.63. The van der Waals surface area contributed by atoms with Crippen molar-refractivity contribution in [2.45, 2.75) is 53.5 Å². The summed E-state index contributed by atoms with van der Waals surface area (Å²) in [6.45, 7) is 11.9. The minimum Gasteiger partial charge on any atom is -0.492 e. The van der Waals surface area contributed by atoms with Gasteiger partial charge in [-0.1, -0.05) is 44.2 Å². The first-order valence-corrected chi connectivity index (χ1v) is 13.1. The van der Waals surface area contributed by atoms with Gasteiger partial charge in [0.2, 0.25) is 0 Å². The van der Waals surface area contributed by atoms with Crippen LogP contribution in [-0.2, 0) is 6.54 Å². The maximum Gasteiger partial charge on any atom is 0.137 e. The van der Waals surface area contributed by atoms with Gasteiger partial charge >= 0.3 is 0 Å². The van der Waals surface area contributed by atoms with Gasteiger partial charge in [-0.2, -0.15) is 0 Å². The molecule has 0 radical (unpaired) electrons. The number of H-pyrrole nitrogens is 1. The molecule has 0 bridgehead atoms. The molecular formula is C32H38N4O. The summed E-state index contributed by atoms with van der Waals surface area (Å²) in [6.07, 6.45) is 13.6. The normalized spacial score (nSPS) is 17.3. The van der Waals surface area contributed by atoms with Crippen LogP contribution in [0.5, 0.6) is 5.75 Å². The Balaban J connectivity index is 0.00000102. The molecule has 0 atom stereocenters. The van der Waals surface area contributed by atoms with Crippen LogP contribution in [0.25, 0.3) is 22.5 Å². The second-order valence-electron chi connectivity index (χ2n) is 10.5. The molecule has 5 heteroatoms. The van der Waals surface area contributed by atoms with Crippen molar-refractivity contribution in [3.8, 4) is 40.6 Å². The highest BCUT2D eigenvalue weighted by atomic mass is 16.5. The number of allylic oxidation sites excluding steroid dienone is 1. The number of terminal acetylenes is 1. The molecular weight excluding hydrogens is 456 g/mol. The van der Waals surface area contributed by atoms with Gasteiger partial charge in [-0.3, -0.25) is 9.89 Å². The number of rotatable bonds is 5. The maximum atomic E-state index is 6.14. The molecule has 2 aliphatic rings. The van der Waals surface area contributed by atoms with Crippen molar-refractivity contribution in [3.63, 3.8) is 0 Å². The monoisotopic (exact) mass is 494 g/mol. The number of nitrogens with zero attached hydrogens (tertiary/aromatic N) is 3. The predicted molar refractivity (Wildman–Crippen MR) is 154 cm³/mol. The summed E-state index contributed by atoms with van der Waals surface area (Å²) in [5.41, 5.74) is 7.88. The number of ether oxygens (including phenoxy) is 1. The second kappa shape index (κ2) is 12.1. The lowest BCUT2D eigenvalue weighted by Gasteiger charge is -2.34. The largest absolute Gasteiger partial charge is 0.492 e. The summed E-state index contributed by atoms with van der Waals surface area (Å²) in [5, 5.41) is 0. The molecule has 1 aliphatic heterocycles. The van der Waals surface area contributed by atoms with Crippen molar-refractivity contribution in [2.75, 3.05) is 19.7 Å². The van der Waals surface area contributed by atoms with E-state index in [1.54, 1.807) is 13.1 Å². The fraction of sp³-hybridized carbons (Fsp3) is 0.375. The van der Waals surface area contributed by atoms with Crippen LogP contribution in [-0.4, -0.2) is 40.8 Å². The highest BCUT2D eigenvalue weighted by Crippen LogP contribution is 2.40. The Labute approximate surface area is 221 Å². The summed E-state index contributed by atoms with van der Waals surface area (Å²) in [6, 6.07) is 15.2. The lowest BCUT2D eigenvalue weighted by atomic mass is 9.76. The zero-order chi connectivity index (χ0) is 26.3. The van der Waals surface area contributed by atoms with E-state index in [9.17, 15) is 0 Å². The summed E-state index contributed by atoms with van der Waals surface area (Å²) < 4.78 is 6.14. The number of hydrogen-bond acceptors (Lipinski definition) is 4. The van der Waals surface area contributed by atoms with Crippen molar-refractivity contribution in [1.82, 2.24) is 14.9 Å². The number of imidazole rings is 1. The van der Waals surface area contributed by atoms with Crippen molar-refractivity contribution in [2.24, 2.45) is 10.4 Å². The van der Waals surface area contributed by atoms with Gasteiger partial charge in [-0.05, 0) is 67.4 Å². The molecule has 0 amide bonds. The molecule has 0 fully saturated rings. The molecule has 5 rings (SSSR count). The third-order valence-corrected chi connectivity index (χ3v) is 6.95. The van der Waals surface area contributed by atoms with Gasteiger partial charge in [0.15, 0.2) is 0 Å². The molecule has 0 saturated carbocycles. The Bertz CT molecular complexity index is 1280. The summed E-state index contributed by atoms with van der Waals surface area (Å²) >= 11 is 0. The topological polar surface area (TPSA) is 53.5 Å². The average molecular weight is 495 g/mol. The van der Waals surface area contributed by atoms with Crippen molar-refractivity contribution in [3.05, 3.63) is 71.7 Å². The molecule has 2 heterocycles. The molecule has 192 valence electrons. The van der Waals surface area contributed by atoms with E-state index in [4.69, 9.17) is 9.73 Å². The van der Waals surface area contributed by atoms with Crippen LogP contribution in [0.15, 0.2) is 71.1 Å². The van der Waals surface area contributed by atoms with E-state index in [0.29, 0.717) is 12.0 Å². The SMILES string of the molecule is C#CC.CC=NC1=C(CN2CCOc3ccc(-c4ccc(-c5ncc[nH]5)cc4)cc3C2)CC(C)(C)CC1. The standard InChI is InChI=1S/C29H34N4O.C3H4/c1-4-30-26-11-12-29(2,3)18-25(26)20-33-15-16-34-27-10-9-23(17-24(27)19-33)21-5-7-22(8-6-21)28-31-13-14-32-28;1-3-2/h4-10,13-14,17H,11-12,15-16,18-20H2,1-3H3,(H,31,32);1H,2H3.